The number of furan rings is 1. The Bertz CT molecular complexity index is 718. The van der Waals surface area contributed by atoms with Crippen LogP contribution < -0.4 is 10.2 Å². The predicted molar refractivity (Wildman–Crippen MR) is 92.4 cm³/mol. The molecule has 24 heavy (non-hydrogen) atoms. The zero-order chi connectivity index (χ0) is 17.1. The minimum absolute atomic E-state index is 0.191. The molecule has 0 radical (unpaired) electrons. The first-order valence-corrected chi connectivity index (χ1v) is 8.27. The van der Waals surface area contributed by atoms with E-state index in [9.17, 15) is 9.90 Å². The van der Waals surface area contributed by atoms with Gasteiger partial charge in [-0.3, -0.25) is 4.79 Å². The molecular formula is C18H23N3O3. The number of aromatic nitrogens is 1. The minimum atomic E-state index is -0.191. The van der Waals surface area contributed by atoms with Gasteiger partial charge in [-0.1, -0.05) is 0 Å². The second-order valence-corrected chi connectivity index (χ2v) is 6.27. The highest BCUT2D eigenvalue weighted by Crippen LogP contribution is 2.28. The second kappa shape index (κ2) is 7.05. The fourth-order valence-electron chi connectivity index (χ4n) is 3.12. The molecule has 0 unspecified atom stereocenters. The zero-order valence-electron chi connectivity index (χ0n) is 14.1. The van der Waals surface area contributed by atoms with Gasteiger partial charge in [0.2, 0.25) is 0 Å². The molecule has 0 aliphatic carbocycles. The molecule has 1 saturated heterocycles. The van der Waals surface area contributed by atoms with Crippen molar-refractivity contribution in [2.45, 2.75) is 26.7 Å². The van der Waals surface area contributed by atoms with Crippen LogP contribution in [0.5, 0.6) is 0 Å². The van der Waals surface area contributed by atoms with E-state index >= 15 is 0 Å². The largest absolute Gasteiger partial charge is 0.466 e. The van der Waals surface area contributed by atoms with E-state index in [0.29, 0.717) is 22.9 Å². The summed E-state index contributed by atoms with van der Waals surface area (Å²) in [6, 6.07) is 5.42. The number of nitrogens with zero attached hydrogens (tertiary/aromatic N) is 2. The average Bonchev–Trinajstić information content (AvgIpc) is 2.94. The Morgan fingerprint density at radius 3 is 2.79 bits per heavy atom. The van der Waals surface area contributed by atoms with E-state index in [0.717, 1.165) is 37.5 Å². The van der Waals surface area contributed by atoms with E-state index in [2.05, 4.69) is 15.2 Å². The van der Waals surface area contributed by atoms with Crippen LogP contribution in [-0.4, -0.2) is 35.7 Å². The average molecular weight is 329 g/mol. The first-order valence-electron chi connectivity index (χ1n) is 8.27. The Kier molecular flexibility index (Phi) is 4.85. The van der Waals surface area contributed by atoms with E-state index in [-0.39, 0.29) is 12.5 Å². The van der Waals surface area contributed by atoms with Crippen molar-refractivity contribution in [2.75, 3.05) is 29.9 Å². The van der Waals surface area contributed by atoms with Crippen molar-refractivity contribution >= 4 is 17.4 Å². The van der Waals surface area contributed by atoms with Gasteiger partial charge in [0.1, 0.15) is 11.5 Å². The maximum atomic E-state index is 12.5. The summed E-state index contributed by atoms with van der Waals surface area (Å²) in [6.45, 7) is 5.50. The lowest BCUT2D eigenvalue weighted by atomic mass is 9.98. The van der Waals surface area contributed by atoms with Gasteiger partial charge in [0, 0.05) is 25.9 Å². The van der Waals surface area contributed by atoms with Crippen molar-refractivity contribution in [2.24, 2.45) is 5.92 Å². The van der Waals surface area contributed by atoms with E-state index < -0.39 is 0 Å². The maximum Gasteiger partial charge on any atom is 0.259 e. The number of hydrogen-bond acceptors (Lipinski definition) is 5. The lowest BCUT2D eigenvalue weighted by Crippen LogP contribution is -2.35. The van der Waals surface area contributed by atoms with Gasteiger partial charge in [0.25, 0.3) is 5.91 Å². The molecule has 1 amide bonds. The lowest BCUT2D eigenvalue weighted by molar-refractivity contribution is 0.102. The number of carbonyl (C=O) groups is 1. The van der Waals surface area contributed by atoms with E-state index in [1.165, 1.54) is 0 Å². The van der Waals surface area contributed by atoms with Crippen LogP contribution in [-0.2, 0) is 0 Å². The summed E-state index contributed by atoms with van der Waals surface area (Å²) in [5.41, 5.74) is 1.24. The van der Waals surface area contributed by atoms with Gasteiger partial charge in [-0.2, -0.15) is 0 Å². The molecule has 6 nitrogen and oxygen atoms in total. The molecule has 3 rings (SSSR count). The normalized spacial score (nSPS) is 15.5. The van der Waals surface area contributed by atoms with Gasteiger partial charge in [0.15, 0.2) is 5.82 Å². The summed E-state index contributed by atoms with van der Waals surface area (Å²) in [7, 11) is 0. The van der Waals surface area contributed by atoms with Crippen LogP contribution in [0.1, 0.15) is 34.7 Å². The molecule has 6 heteroatoms. The number of pyridine rings is 1. The number of piperidine rings is 1. The molecule has 1 aliphatic rings. The van der Waals surface area contributed by atoms with Crippen LogP contribution in [0.15, 0.2) is 28.8 Å². The van der Waals surface area contributed by atoms with E-state index in [1.54, 1.807) is 19.2 Å². The fourth-order valence-corrected chi connectivity index (χ4v) is 3.12. The van der Waals surface area contributed by atoms with Crippen LogP contribution in [0.4, 0.5) is 11.5 Å². The molecule has 2 N–H and O–H groups in total. The molecule has 2 aromatic rings. The summed E-state index contributed by atoms with van der Waals surface area (Å²) >= 11 is 0. The van der Waals surface area contributed by atoms with Gasteiger partial charge in [0.05, 0.1) is 11.3 Å². The van der Waals surface area contributed by atoms with Crippen molar-refractivity contribution in [3.05, 3.63) is 41.5 Å². The Labute approximate surface area is 141 Å². The first-order chi connectivity index (χ1) is 11.6. The number of aryl methyl sites for hydroxylation is 2. The lowest BCUT2D eigenvalue weighted by Gasteiger charge is -2.33. The molecule has 2 aromatic heterocycles. The Hall–Kier alpha value is -2.34. The van der Waals surface area contributed by atoms with Crippen molar-refractivity contribution in [3.63, 3.8) is 0 Å². The van der Waals surface area contributed by atoms with Crippen LogP contribution in [0.25, 0.3) is 0 Å². The molecule has 0 aromatic carbocycles. The van der Waals surface area contributed by atoms with Gasteiger partial charge < -0.3 is 19.7 Å². The van der Waals surface area contributed by atoms with Crippen LogP contribution in [0.3, 0.4) is 0 Å². The molecular weight excluding hydrogens is 306 g/mol. The quantitative estimate of drug-likeness (QED) is 0.902. The zero-order valence-corrected chi connectivity index (χ0v) is 14.1. The summed E-state index contributed by atoms with van der Waals surface area (Å²) < 4.78 is 5.43. The van der Waals surface area contributed by atoms with Gasteiger partial charge in [-0.25, -0.2) is 4.98 Å². The molecule has 0 spiro atoms. The Morgan fingerprint density at radius 2 is 2.17 bits per heavy atom. The van der Waals surface area contributed by atoms with E-state index in [1.807, 2.05) is 19.1 Å². The van der Waals surface area contributed by atoms with Crippen molar-refractivity contribution in [3.8, 4) is 0 Å². The number of nitrogens with one attached hydrogen (secondary N) is 1. The third-order valence-electron chi connectivity index (χ3n) is 4.49. The van der Waals surface area contributed by atoms with Crippen LogP contribution in [0, 0.1) is 19.8 Å². The van der Waals surface area contributed by atoms with E-state index in [4.69, 9.17) is 4.42 Å². The Balaban J connectivity index is 1.77. The predicted octanol–water partition coefficient (Wildman–Crippen LogP) is 2.75. The number of carbonyl (C=O) groups excluding carboxylic acids is 1. The highest BCUT2D eigenvalue weighted by atomic mass is 16.3. The smallest absolute Gasteiger partial charge is 0.259 e. The minimum Gasteiger partial charge on any atom is -0.466 e. The molecule has 3 heterocycles. The van der Waals surface area contributed by atoms with Crippen molar-refractivity contribution < 1.29 is 14.3 Å². The Morgan fingerprint density at radius 1 is 1.42 bits per heavy atom. The van der Waals surface area contributed by atoms with Crippen molar-refractivity contribution in [1.29, 1.82) is 0 Å². The van der Waals surface area contributed by atoms with Crippen LogP contribution >= 0.6 is 0 Å². The summed E-state index contributed by atoms with van der Waals surface area (Å²) in [4.78, 5) is 19.1. The van der Waals surface area contributed by atoms with Gasteiger partial charge in [-0.15, -0.1) is 0 Å². The SMILES string of the molecule is Cc1cc(C(=O)Nc2cccnc2N2CCC(CO)CC2)c(C)o1. The number of aliphatic hydroxyl groups is 1. The molecule has 1 aliphatic heterocycles. The maximum absolute atomic E-state index is 12.5. The molecule has 0 atom stereocenters. The third kappa shape index (κ3) is 3.43. The monoisotopic (exact) mass is 329 g/mol. The molecule has 0 saturated carbocycles. The highest BCUT2D eigenvalue weighted by Gasteiger charge is 2.22. The topological polar surface area (TPSA) is 78.6 Å². The summed E-state index contributed by atoms with van der Waals surface area (Å²) in [5.74, 6) is 2.28. The second-order valence-electron chi connectivity index (χ2n) is 6.27. The first kappa shape index (κ1) is 16.5. The van der Waals surface area contributed by atoms with Crippen LogP contribution in [0.2, 0.25) is 0 Å². The number of amides is 1. The molecule has 1 fully saturated rings. The fraction of sp³-hybridized carbons (Fsp3) is 0.444. The number of aliphatic hydroxyl groups excluding tert-OH is 1. The number of hydrogen-bond donors (Lipinski definition) is 2. The standard InChI is InChI=1S/C18H23N3O3/c1-12-10-15(13(2)24-12)18(23)20-16-4-3-7-19-17(16)21-8-5-14(11-22)6-9-21/h3-4,7,10,14,22H,5-6,8-9,11H2,1-2H3,(H,20,23). The van der Waals surface area contributed by atoms with Crippen molar-refractivity contribution in [1.82, 2.24) is 4.98 Å². The number of rotatable bonds is 4. The number of anilines is 2. The highest BCUT2D eigenvalue weighted by molar-refractivity contribution is 6.06. The molecule has 128 valence electrons. The van der Waals surface area contributed by atoms with Gasteiger partial charge in [-0.05, 0) is 50.8 Å². The van der Waals surface area contributed by atoms with Gasteiger partial charge >= 0.3 is 0 Å². The summed E-state index contributed by atoms with van der Waals surface area (Å²) in [6.07, 6.45) is 3.59. The molecule has 0 bridgehead atoms. The third-order valence-corrected chi connectivity index (χ3v) is 4.49. The summed E-state index contributed by atoms with van der Waals surface area (Å²) in [5, 5.41) is 12.2.